The van der Waals surface area contributed by atoms with Gasteiger partial charge in [0.25, 0.3) is 0 Å². The van der Waals surface area contributed by atoms with E-state index >= 15 is 0 Å². The van der Waals surface area contributed by atoms with Crippen LogP contribution < -0.4 is 5.32 Å². The maximum absolute atomic E-state index is 12.9. The number of aromatic amines is 3. The Morgan fingerprint density at radius 3 is 2.11 bits per heavy atom. The van der Waals surface area contributed by atoms with Crippen molar-refractivity contribution in [1.29, 1.82) is 0 Å². The predicted octanol–water partition coefficient (Wildman–Crippen LogP) is 4.13. The van der Waals surface area contributed by atoms with Crippen LogP contribution in [0.2, 0.25) is 0 Å². The van der Waals surface area contributed by atoms with Crippen LogP contribution in [0.15, 0.2) is 79.5 Å². The normalized spacial score (nSPS) is 17.8. The summed E-state index contributed by atoms with van der Waals surface area (Å²) in [5.41, 5.74) is 4.71. The van der Waals surface area contributed by atoms with Crippen molar-refractivity contribution in [3.8, 4) is 22.4 Å². The number of benzene rings is 2. The molecule has 12 heteroatoms. The molecule has 3 aromatic heterocycles. The number of likely N-dealkylation sites (tertiary alicyclic amines) is 2. The van der Waals surface area contributed by atoms with Crippen LogP contribution in [0.1, 0.15) is 42.8 Å². The number of carbonyl (C=O) groups is 3. The zero-order valence-electron chi connectivity index (χ0n) is 25.3. The fraction of sp³-hybridized carbons (Fsp3) is 0.294. The number of anilines is 1. The molecular weight excluding hydrogens is 582 g/mol. The Bertz CT molecular complexity index is 1800. The summed E-state index contributed by atoms with van der Waals surface area (Å²) in [5, 5.41) is 3.01. The highest BCUT2D eigenvalue weighted by Gasteiger charge is 2.33. The number of imidazole rings is 3. The van der Waals surface area contributed by atoms with E-state index < -0.39 is 0 Å². The summed E-state index contributed by atoms with van der Waals surface area (Å²) in [6, 6.07) is 15.9. The first-order valence-electron chi connectivity index (χ1n) is 15.6. The molecule has 0 spiro atoms. The van der Waals surface area contributed by atoms with Gasteiger partial charge in [0, 0.05) is 50.1 Å². The first-order chi connectivity index (χ1) is 22.5. The number of nitrogens with one attached hydrogen (secondary N) is 4. The quantitative estimate of drug-likeness (QED) is 0.195. The molecule has 5 aromatic rings. The van der Waals surface area contributed by atoms with Gasteiger partial charge < -0.3 is 30.1 Å². The van der Waals surface area contributed by atoms with Crippen LogP contribution >= 0.6 is 0 Å². The van der Waals surface area contributed by atoms with Crippen molar-refractivity contribution in [1.82, 2.24) is 39.7 Å². The number of hydrogen-bond acceptors (Lipinski definition) is 6. The van der Waals surface area contributed by atoms with Crippen molar-refractivity contribution in [2.24, 2.45) is 5.92 Å². The van der Waals surface area contributed by atoms with Gasteiger partial charge in [0.2, 0.25) is 17.7 Å². The molecule has 2 atom stereocenters. The van der Waals surface area contributed by atoms with Gasteiger partial charge in [-0.05, 0) is 48.1 Å². The molecule has 0 radical (unpaired) electrons. The van der Waals surface area contributed by atoms with E-state index in [1.54, 1.807) is 29.7 Å². The van der Waals surface area contributed by atoms with Gasteiger partial charge in [-0.2, -0.15) is 0 Å². The summed E-state index contributed by atoms with van der Waals surface area (Å²) in [6.45, 7) is 1.69. The van der Waals surface area contributed by atoms with E-state index in [0.717, 1.165) is 46.7 Å². The Morgan fingerprint density at radius 2 is 1.43 bits per heavy atom. The molecule has 5 heterocycles. The van der Waals surface area contributed by atoms with Crippen LogP contribution in [0.5, 0.6) is 0 Å². The van der Waals surface area contributed by atoms with Gasteiger partial charge in [-0.15, -0.1) is 0 Å². The third kappa shape index (κ3) is 6.32. The van der Waals surface area contributed by atoms with Crippen LogP contribution in [0.25, 0.3) is 22.4 Å². The number of amides is 3. The first kappa shape index (κ1) is 29.2. The van der Waals surface area contributed by atoms with Gasteiger partial charge in [-0.1, -0.05) is 36.4 Å². The molecule has 3 amide bonds. The van der Waals surface area contributed by atoms with Gasteiger partial charge >= 0.3 is 0 Å². The molecule has 0 unspecified atom stereocenters. The fourth-order valence-corrected chi connectivity index (χ4v) is 6.32. The molecule has 0 bridgehead atoms. The van der Waals surface area contributed by atoms with E-state index in [4.69, 9.17) is 0 Å². The van der Waals surface area contributed by atoms with Crippen molar-refractivity contribution < 1.29 is 14.4 Å². The standard InChI is InChI=1S/C34H35N9O3/c44-31(18-29-35-12-13-36-29)42-17-11-25(21-42)34(46)40-26-9-7-23(8-10-26)22-3-5-24(6-4-22)27-20-39-33(41-27)28-2-1-16-43(28)32(45)19-30-37-14-15-38-30/h3-10,12-15,20,25,28H,1-2,11,16-19,21H2,(H,35,36)(H,37,38)(H,39,41)(H,40,46)/t25-,28+/m1/s1. The lowest BCUT2D eigenvalue weighted by Gasteiger charge is -2.22. The van der Waals surface area contributed by atoms with Crippen molar-refractivity contribution in [3.05, 3.63) is 97.0 Å². The van der Waals surface area contributed by atoms with Crippen molar-refractivity contribution in [2.45, 2.75) is 38.1 Å². The predicted molar refractivity (Wildman–Crippen MR) is 171 cm³/mol. The molecule has 46 heavy (non-hydrogen) atoms. The SMILES string of the molecule is O=C(Nc1ccc(-c2ccc(-c3cnc([C@@H]4CCCN4C(=O)Cc4ncc[nH]4)[nH]3)cc2)cc1)[C@@H]1CCN(C(=O)Cc2ncc[nH]2)C1. The lowest BCUT2D eigenvalue weighted by atomic mass is 10.0. The second kappa shape index (κ2) is 12.8. The molecule has 2 fully saturated rings. The minimum atomic E-state index is -0.241. The third-order valence-corrected chi connectivity index (χ3v) is 8.82. The summed E-state index contributed by atoms with van der Waals surface area (Å²) < 4.78 is 0. The Morgan fingerprint density at radius 1 is 0.783 bits per heavy atom. The van der Waals surface area contributed by atoms with Gasteiger partial charge in [0.15, 0.2) is 0 Å². The average Bonchev–Trinajstić information content (AvgIpc) is 3.91. The summed E-state index contributed by atoms with van der Waals surface area (Å²) in [6.07, 6.45) is 11.4. The Hall–Kier alpha value is -5.52. The largest absolute Gasteiger partial charge is 0.348 e. The zero-order chi connectivity index (χ0) is 31.5. The molecule has 0 aliphatic carbocycles. The molecule has 12 nitrogen and oxygen atoms in total. The van der Waals surface area contributed by atoms with Gasteiger partial charge in [-0.25, -0.2) is 15.0 Å². The number of aromatic nitrogens is 6. The smallest absolute Gasteiger partial charge is 0.230 e. The molecular formula is C34H35N9O3. The molecule has 4 N–H and O–H groups in total. The second-order valence-corrected chi connectivity index (χ2v) is 11.8. The average molecular weight is 618 g/mol. The summed E-state index contributed by atoms with van der Waals surface area (Å²) in [4.78, 5) is 64.4. The van der Waals surface area contributed by atoms with Gasteiger partial charge in [0.1, 0.15) is 17.5 Å². The van der Waals surface area contributed by atoms with E-state index in [1.165, 1.54) is 0 Å². The minimum absolute atomic E-state index is 0.0254. The van der Waals surface area contributed by atoms with E-state index in [2.05, 4.69) is 59.5 Å². The lowest BCUT2D eigenvalue weighted by molar-refractivity contribution is -0.132. The highest BCUT2D eigenvalue weighted by Crippen LogP contribution is 2.32. The minimum Gasteiger partial charge on any atom is -0.348 e. The number of carbonyl (C=O) groups excluding carboxylic acids is 3. The Balaban J connectivity index is 0.937. The van der Waals surface area contributed by atoms with Crippen LogP contribution in [0, 0.1) is 5.92 Å². The van der Waals surface area contributed by atoms with E-state index in [0.29, 0.717) is 37.7 Å². The van der Waals surface area contributed by atoms with Gasteiger partial charge in [-0.3, -0.25) is 14.4 Å². The van der Waals surface area contributed by atoms with Crippen molar-refractivity contribution in [2.75, 3.05) is 25.0 Å². The van der Waals surface area contributed by atoms with Crippen LogP contribution in [-0.2, 0) is 27.2 Å². The van der Waals surface area contributed by atoms with Crippen molar-refractivity contribution in [3.63, 3.8) is 0 Å². The molecule has 0 saturated carbocycles. The zero-order valence-corrected chi connectivity index (χ0v) is 25.3. The molecule has 2 aliphatic heterocycles. The maximum Gasteiger partial charge on any atom is 0.230 e. The Labute approximate surface area is 265 Å². The number of rotatable bonds is 9. The highest BCUT2D eigenvalue weighted by atomic mass is 16.2. The van der Waals surface area contributed by atoms with Crippen molar-refractivity contribution >= 4 is 23.4 Å². The van der Waals surface area contributed by atoms with Crippen LogP contribution in [-0.4, -0.2) is 77.1 Å². The topological polar surface area (TPSA) is 156 Å². The highest BCUT2D eigenvalue weighted by molar-refractivity contribution is 5.94. The molecule has 2 aromatic carbocycles. The number of nitrogens with zero attached hydrogens (tertiary/aromatic N) is 5. The maximum atomic E-state index is 12.9. The van der Waals surface area contributed by atoms with E-state index in [-0.39, 0.29) is 42.5 Å². The van der Waals surface area contributed by atoms with Gasteiger partial charge in [0.05, 0.1) is 36.7 Å². The monoisotopic (exact) mass is 617 g/mol. The summed E-state index contributed by atoms with van der Waals surface area (Å²) in [7, 11) is 0. The molecule has 7 rings (SSSR count). The summed E-state index contributed by atoms with van der Waals surface area (Å²) >= 11 is 0. The molecule has 2 aliphatic rings. The number of hydrogen-bond donors (Lipinski definition) is 4. The first-order valence-corrected chi connectivity index (χ1v) is 15.6. The molecule has 234 valence electrons. The second-order valence-electron chi connectivity index (χ2n) is 11.8. The van der Waals surface area contributed by atoms with Crippen LogP contribution in [0.4, 0.5) is 5.69 Å². The van der Waals surface area contributed by atoms with E-state index in [9.17, 15) is 14.4 Å². The Kier molecular flexibility index (Phi) is 8.15. The summed E-state index contributed by atoms with van der Waals surface area (Å²) in [5.74, 6) is 1.80. The van der Waals surface area contributed by atoms with E-state index in [1.807, 2.05) is 35.4 Å². The lowest BCUT2D eigenvalue weighted by Crippen LogP contribution is -2.32. The van der Waals surface area contributed by atoms with Crippen LogP contribution in [0.3, 0.4) is 0 Å². The number of H-pyrrole nitrogens is 3. The fourth-order valence-electron chi connectivity index (χ4n) is 6.32. The molecule has 2 saturated heterocycles. The third-order valence-electron chi connectivity index (χ3n) is 8.82.